The van der Waals surface area contributed by atoms with Gasteiger partial charge in [0.25, 0.3) is 0 Å². The number of rotatable bonds is 9. The first-order chi connectivity index (χ1) is 7.61. The molecule has 0 aliphatic rings. The lowest BCUT2D eigenvalue weighted by Gasteiger charge is -2.21. The van der Waals surface area contributed by atoms with Crippen molar-refractivity contribution in [2.45, 2.75) is 19.9 Å². The SMILES string of the molecule is COCCNCC(=O)NC(COC)C(C)C. The van der Waals surface area contributed by atoms with E-state index in [1.807, 2.05) is 0 Å². The van der Waals surface area contributed by atoms with E-state index in [1.165, 1.54) is 0 Å². The van der Waals surface area contributed by atoms with Gasteiger partial charge in [-0.25, -0.2) is 0 Å². The van der Waals surface area contributed by atoms with Crippen molar-refractivity contribution in [3.8, 4) is 0 Å². The van der Waals surface area contributed by atoms with Gasteiger partial charge in [-0.05, 0) is 5.92 Å². The van der Waals surface area contributed by atoms with Gasteiger partial charge in [-0.15, -0.1) is 0 Å². The van der Waals surface area contributed by atoms with Crippen LogP contribution >= 0.6 is 0 Å². The number of carbonyl (C=O) groups is 1. The molecule has 0 aromatic rings. The molecule has 0 radical (unpaired) electrons. The molecule has 96 valence electrons. The van der Waals surface area contributed by atoms with Gasteiger partial charge in [0.05, 0.1) is 25.8 Å². The van der Waals surface area contributed by atoms with Crippen LogP contribution in [0.5, 0.6) is 0 Å². The molecule has 0 aromatic carbocycles. The molecular formula is C11H24N2O3. The van der Waals surface area contributed by atoms with Gasteiger partial charge in [0.2, 0.25) is 5.91 Å². The number of hydrogen-bond acceptors (Lipinski definition) is 4. The maximum atomic E-state index is 11.5. The summed E-state index contributed by atoms with van der Waals surface area (Å²) < 4.78 is 9.92. The van der Waals surface area contributed by atoms with Crippen LogP contribution in [0.1, 0.15) is 13.8 Å². The first kappa shape index (κ1) is 15.3. The highest BCUT2D eigenvalue weighted by molar-refractivity contribution is 5.78. The van der Waals surface area contributed by atoms with Gasteiger partial charge in [0, 0.05) is 20.8 Å². The molecule has 2 N–H and O–H groups in total. The van der Waals surface area contributed by atoms with Crippen LogP contribution in [0.4, 0.5) is 0 Å². The molecule has 5 heteroatoms. The van der Waals surface area contributed by atoms with Crippen molar-refractivity contribution in [3.05, 3.63) is 0 Å². The van der Waals surface area contributed by atoms with Crippen LogP contribution in [0.25, 0.3) is 0 Å². The number of ether oxygens (including phenoxy) is 2. The zero-order valence-corrected chi connectivity index (χ0v) is 10.7. The third kappa shape index (κ3) is 7.62. The lowest BCUT2D eigenvalue weighted by molar-refractivity contribution is -0.121. The van der Waals surface area contributed by atoms with E-state index in [-0.39, 0.29) is 11.9 Å². The Morgan fingerprint density at radius 2 is 1.94 bits per heavy atom. The lowest BCUT2D eigenvalue weighted by atomic mass is 10.1. The van der Waals surface area contributed by atoms with Gasteiger partial charge in [-0.1, -0.05) is 13.8 Å². The van der Waals surface area contributed by atoms with Crippen molar-refractivity contribution in [1.29, 1.82) is 0 Å². The Kier molecular flexibility index (Phi) is 9.18. The Morgan fingerprint density at radius 1 is 1.25 bits per heavy atom. The van der Waals surface area contributed by atoms with Gasteiger partial charge in [-0.2, -0.15) is 0 Å². The second kappa shape index (κ2) is 9.57. The third-order valence-corrected chi connectivity index (χ3v) is 2.27. The summed E-state index contributed by atoms with van der Waals surface area (Å²) in [7, 11) is 3.27. The summed E-state index contributed by atoms with van der Waals surface area (Å²) in [6.07, 6.45) is 0. The summed E-state index contributed by atoms with van der Waals surface area (Å²) >= 11 is 0. The maximum absolute atomic E-state index is 11.5. The van der Waals surface area contributed by atoms with Gasteiger partial charge in [0.1, 0.15) is 0 Å². The molecule has 16 heavy (non-hydrogen) atoms. The number of amides is 1. The van der Waals surface area contributed by atoms with E-state index in [9.17, 15) is 4.79 Å². The Bertz CT molecular complexity index is 186. The number of carbonyl (C=O) groups excluding carboxylic acids is 1. The quantitative estimate of drug-likeness (QED) is 0.550. The van der Waals surface area contributed by atoms with Crippen LogP contribution < -0.4 is 10.6 Å². The Labute approximate surface area is 97.9 Å². The summed E-state index contributed by atoms with van der Waals surface area (Å²) in [4.78, 5) is 11.5. The fourth-order valence-electron chi connectivity index (χ4n) is 1.21. The topological polar surface area (TPSA) is 59.6 Å². The minimum Gasteiger partial charge on any atom is -0.383 e. The summed E-state index contributed by atoms with van der Waals surface area (Å²) in [5.74, 6) is 0.356. The van der Waals surface area contributed by atoms with E-state index in [1.54, 1.807) is 14.2 Å². The first-order valence-corrected chi connectivity index (χ1v) is 5.59. The Balaban J connectivity index is 3.73. The highest BCUT2D eigenvalue weighted by atomic mass is 16.5. The predicted octanol–water partition coefficient (Wildman–Crippen LogP) is 0.00960. The highest BCUT2D eigenvalue weighted by Crippen LogP contribution is 2.01. The minimum atomic E-state index is -0.00754. The average molecular weight is 232 g/mol. The summed E-state index contributed by atoms with van der Waals surface area (Å²) in [5.41, 5.74) is 0. The van der Waals surface area contributed by atoms with Crippen molar-refractivity contribution >= 4 is 5.91 Å². The Morgan fingerprint density at radius 3 is 2.44 bits per heavy atom. The van der Waals surface area contributed by atoms with Gasteiger partial charge < -0.3 is 20.1 Å². The van der Waals surface area contributed by atoms with Crippen LogP contribution in [0, 0.1) is 5.92 Å². The summed E-state index contributed by atoms with van der Waals surface area (Å²) in [6.45, 7) is 6.27. The van der Waals surface area contributed by atoms with Crippen LogP contribution in [0.15, 0.2) is 0 Å². The normalized spacial score (nSPS) is 12.8. The van der Waals surface area contributed by atoms with E-state index in [2.05, 4.69) is 24.5 Å². The number of hydrogen-bond donors (Lipinski definition) is 2. The molecule has 0 saturated carbocycles. The molecule has 1 atom stereocenters. The molecule has 0 spiro atoms. The van der Waals surface area contributed by atoms with Crippen molar-refractivity contribution in [2.24, 2.45) is 5.92 Å². The standard InChI is InChI=1S/C11H24N2O3/c1-9(2)10(8-16-4)13-11(14)7-12-5-6-15-3/h9-10,12H,5-8H2,1-4H3,(H,13,14). The van der Waals surface area contributed by atoms with E-state index in [4.69, 9.17) is 9.47 Å². The van der Waals surface area contributed by atoms with Crippen LogP contribution in [0.3, 0.4) is 0 Å². The molecule has 0 bridgehead atoms. The van der Waals surface area contributed by atoms with E-state index >= 15 is 0 Å². The monoisotopic (exact) mass is 232 g/mol. The molecule has 0 saturated heterocycles. The first-order valence-electron chi connectivity index (χ1n) is 5.59. The number of methoxy groups -OCH3 is 2. The van der Waals surface area contributed by atoms with Crippen molar-refractivity contribution < 1.29 is 14.3 Å². The van der Waals surface area contributed by atoms with Crippen LogP contribution in [-0.2, 0) is 14.3 Å². The largest absolute Gasteiger partial charge is 0.383 e. The minimum absolute atomic E-state index is 0.00754. The van der Waals surface area contributed by atoms with Crippen LogP contribution in [-0.4, -0.2) is 52.5 Å². The second-order valence-corrected chi connectivity index (χ2v) is 4.04. The zero-order chi connectivity index (χ0) is 12.4. The van der Waals surface area contributed by atoms with Crippen molar-refractivity contribution in [2.75, 3.05) is 40.5 Å². The molecule has 0 heterocycles. The maximum Gasteiger partial charge on any atom is 0.234 e. The molecule has 0 rings (SSSR count). The predicted molar refractivity (Wildman–Crippen MR) is 63.4 cm³/mol. The molecule has 0 fully saturated rings. The highest BCUT2D eigenvalue weighted by Gasteiger charge is 2.15. The molecule has 1 unspecified atom stereocenters. The molecule has 0 aliphatic carbocycles. The average Bonchev–Trinajstić information content (AvgIpc) is 2.23. The fourth-order valence-corrected chi connectivity index (χ4v) is 1.21. The second-order valence-electron chi connectivity index (χ2n) is 4.04. The van der Waals surface area contributed by atoms with Gasteiger partial charge in [-0.3, -0.25) is 4.79 Å². The molecule has 0 aromatic heterocycles. The van der Waals surface area contributed by atoms with Crippen molar-refractivity contribution in [1.82, 2.24) is 10.6 Å². The van der Waals surface area contributed by atoms with Gasteiger partial charge in [0.15, 0.2) is 0 Å². The third-order valence-electron chi connectivity index (χ3n) is 2.27. The lowest BCUT2D eigenvalue weighted by Crippen LogP contribution is -2.45. The van der Waals surface area contributed by atoms with E-state index < -0.39 is 0 Å². The molecule has 0 aliphatic heterocycles. The van der Waals surface area contributed by atoms with Gasteiger partial charge >= 0.3 is 0 Å². The molecule has 5 nitrogen and oxygen atoms in total. The molecule has 1 amide bonds. The molecular weight excluding hydrogens is 208 g/mol. The fraction of sp³-hybridized carbons (Fsp3) is 0.909. The smallest absolute Gasteiger partial charge is 0.234 e. The van der Waals surface area contributed by atoms with Crippen LogP contribution in [0.2, 0.25) is 0 Å². The number of nitrogens with one attached hydrogen (secondary N) is 2. The zero-order valence-electron chi connectivity index (χ0n) is 10.7. The van der Waals surface area contributed by atoms with E-state index in [0.29, 0.717) is 32.2 Å². The van der Waals surface area contributed by atoms with Crippen molar-refractivity contribution in [3.63, 3.8) is 0 Å². The Hall–Kier alpha value is -0.650. The van der Waals surface area contributed by atoms with E-state index in [0.717, 1.165) is 0 Å². The summed E-state index contributed by atoms with van der Waals surface area (Å²) in [6, 6.07) is 0.0710. The summed E-state index contributed by atoms with van der Waals surface area (Å²) in [5, 5.41) is 5.92.